The molecule has 0 fully saturated rings. The number of nitrogens with two attached hydrogens (primary N) is 1. The highest BCUT2D eigenvalue weighted by atomic mass is 16.4. The van der Waals surface area contributed by atoms with Gasteiger partial charge in [0.15, 0.2) is 0 Å². The quantitative estimate of drug-likeness (QED) is 0.137. The van der Waals surface area contributed by atoms with Crippen LogP contribution in [-0.4, -0.2) is 80.9 Å². The van der Waals surface area contributed by atoms with Crippen molar-refractivity contribution in [2.75, 3.05) is 6.61 Å². The first-order chi connectivity index (χ1) is 18.6. The van der Waals surface area contributed by atoms with Gasteiger partial charge in [0, 0.05) is 29.9 Å². The number of rotatable bonds is 13. The molecule has 0 aliphatic heterocycles. The number of carboxylic acids is 1. The first kappa shape index (κ1) is 29.3. The van der Waals surface area contributed by atoms with Crippen LogP contribution in [0.15, 0.2) is 60.8 Å². The number of aromatic nitrogens is 1. The normalized spacial score (nSPS) is 15.0. The first-order valence-corrected chi connectivity index (χ1v) is 12.4. The highest BCUT2D eigenvalue weighted by Crippen LogP contribution is 2.19. The van der Waals surface area contributed by atoms with Crippen LogP contribution >= 0.6 is 0 Å². The SMILES string of the molecule is CC(O)C(N)C(=O)NC(Cc1c[nH]c2ccccc12)C(=O)NC(Cc1ccccc1)C(=O)NC(CO)C(=O)O. The number of carbonyl (C=O) groups excluding carboxylic acids is 3. The molecule has 39 heavy (non-hydrogen) atoms. The van der Waals surface area contributed by atoms with Crippen LogP contribution in [-0.2, 0) is 32.0 Å². The molecule has 0 bridgehead atoms. The second-order valence-electron chi connectivity index (χ2n) is 9.22. The molecule has 0 radical (unpaired) electrons. The smallest absolute Gasteiger partial charge is 0.328 e. The highest BCUT2D eigenvalue weighted by Gasteiger charge is 2.31. The number of hydrogen-bond donors (Lipinski definition) is 8. The molecule has 9 N–H and O–H groups in total. The Morgan fingerprint density at radius 2 is 1.41 bits per heavy atom. The number of benzene rings is 2. The summed E-state index contributed by atoms with van der Waals surface area (Å²) in [6.07, 6.45) is 0.572. The molecule has 0 aliphatic carbocycles. The highest BCUT2D eigenvalue weighted by molar-refractivity contribution is 5.95. The molecule has 5 atom stereocenters. The van der Waals surface area contributed by atoms with Crippen molar-refractivity contribution in [1.29, 1.82) is 0 Å². The second-order valence-corrected chi connectivity index (χ2v) is 9.22. The van der Waals surface area contributed by atoms with Crippen LogP contribution in [0.4, 0.5) is 0 Å². The van der Waals surface area contributed by atoms with E-state index in [1.165, 1.54) is 6.92 Å². The van der Waals surface area contributed by atoms with E-state index in [9.17, 15) is 34.5 Å². The van der Waals surface area contributed by atoms with E-state index in [-0.39, 0.29) is 12.8 Å². The number of H-pyrrole nitrogens is 1. The Balaban J connectivity index is 1.89. The van der Waals surface area contributed by atoms with Gasteiger partial charge in [0.1, 0.15) is 24.2 Å². The molecule has 0 saturated heterocycles. The number of nitrogens with one attached hydrogen (secondary N) is 4. The molecule has 2 aromatic carbocycles. The number of aliphatic hydroxyl groups excluding tert-OH is 2. The minimum atomic E-state index is -1.57. The van der Waals surface area contributed by atoms with Crippen molar-refractivity contribution >= 4 is 34.6 Å². The van der Waals surface area contributed by atoms with Crippen LogP contribution in [0.3, 0.4) is 0 Å². The lowest BCUT2D eigenvalue weighted by molar-refractivity contribution is -0.143. The maximum absolute atomic E-state index is 13.5. The lowest BCUT2D eigenvalue weighted by Crippen LogP contribution is -2.59. The summed E-state index contributed by atoms with van der Waals surface area (Å²) in [4.78, 5) is 53.8. The zero-order chi connectivity index (χ0) is 28.5. The van der Waals surface area contributed by atoms with Gasteiger partial charge in [-0.3, -0.25) is 14.4 Å². The zero-order valence-corrected chi connectivity index (χ0v) is 21.3. The number of fused-ring (bicyclic) bond motifs is 1. The number of aliphatic hydroxyl groups is 2. The molecule has 0 spiro atoms. The van der Waals surface area contributed by atoms with Gasteiger partial charge in [-0.2, -0.15) is 0 Å². The van der Waals surface area contributed by atoms with E-state index in [1.54, 1.807) is 36.5 Å². The van der Waals surface area contributed by atoms with Crippen LogP contribution in [0.5, 0.6) is 0 Å². The van der Waals surface area contributed by atoms with Crippen LogP contribution in [0.1, 0.15) is 18.1 Å². The number of para-hydroxylation sites is 1. The van der Waals surface area contributed by atoms with Crippen molar-refractivity contribution in [1.82, 2.24) is 20.9 Å². The third kappa shape index (κ3) is 7.87. The number of hydrogen-bond acceptors (Lipinski definition) is 7. The van der Waals surface area contributed by atoms with Crippen molar-refractivity contribution in [3.05, 3.63) is 71.9 Å². The predicted octanol–water partition coefficient (Wildman–Crippen LogP) is -0.807. The maximum Gasteiger partial charge on any atom is 0.328 e. The molecule has 5 unspecified atom stereocenters. The fourth-order valence-electron chi connectivity index (χ4n) is 4.01. The van der Waals surface area contributed by atoms with Gasteiger partial charge < -0.3 is 42.0 Å². The van der Waals surface area contributed by atoms with Crippen molar-refractivity contribution in [3.8, 4) is 0 Å². The van der Waals surface area contributed by atoms with Gasteiger partial charge in [-0.05, 0) is 24.1 Å². The Kier molecular flexibility index (Phi) is 10.1. The van der Waals surface area contributed by atoms with Gasteiger partial charge in [-0.15, -0.1) is 0 Å². The standard InChI is InChI=1S/C27H33N5O7/c1-15(34)23(28)26(37)31-21(12-17-13-29-19-10-6-5-9-18(17)19)25(36)30-20(11-16-7-3-2-4-8-16)24(35)32-22(14-33)27(38)39/h2-10,13,15,20-23,29,33-34H,11-12,14,28H2,1H3,(H,30,36)(H,31,37)(H,32,35)(H,38,39). The van der Waals surface area contributed by atoms with Crippen LogP contribution < -0.4 is 21.7 Å². The summed E-state index contributed by atoms with van der Waals surface area (Å²) in [6.45, 7) is 0.503. The minimum Gasteiger partial charge on any atom is -0.480 e. The molecule has 3 aromatic rings. The third-order valence-corrected chi connectivity index (χ3v) is 6.27. The summed E-state index contributed by atoms with van der Waals surface area (Å²) in [5, 5.41) is 36.6. The number of aromatic amines is 1. The van der Waals surface area contributed by atoms with E-state index < -0.39 is 60.6 Å². The van der Waals surface area contributed by atoms with E-state index in [4.69, 9.17) is 5.73 Å². The number of carbonyl (C=O) groups is 4. The van der Waals surface area contributed by atoms with Crippen molar-refractivity contribution in [2.24, 2.45) is 5.73 Å². The average Bonchev–Trinajstić information content (AvgIpc) is 3.33. The van der Waals surface area contributed by atoms with Crippen LogP contribution in [0, 0.1) is 0 Å². The second kappa shape index (κ2) is 13.5. The van der Waals surface area contributed by atoms with Crippen LogP contribution in [0.25, 0.3) is 10.9 Å². The molecule has 1 aromatic heterocycles. The maximum atomic E-state index is 13.5. The van der Waals surface area contributed by atoms with E-state index in [0.29, 0.717) is 11.1 Å². The summed E-state index contributed by atoms with van der Waals surface area (Å²) in [5.74, 6) is -3.75. The summed E-state index contributed by atoms with van der Waals surface area (Å²) in [6, 6.07) is 10.8. The van der Waals surface area contributed by atoms with Crippen molar-refractivity contribution in [2.45, 2.75) is 50.0 Å². The molecular formula is C27H33N5O7. The lowest BCUT2D eigenvalue weighted by atomic mass is 10.0. The summed E-state index contributed by atoms with van der Waals surface area (Å²) < 4.78 is 0. The molecular weight excluding hydrogens is 506 g/mol. The first-order valence-electron chi connectivity index (χ1n) is 12.4. The molecule has 208 valence electrons. The Hall–Kier alpha value is -4.26. The molecule has 3 rings (SSSR count). The Labute approximate surface area is 224 Å². The molecule has 0 saturated carbocycles. The number of carboxylic acid groups (broad SMARTS) is 1. The van der Waals surface area contributed by atoms with E-state index in [2.05, 4.69) is 20.9 Å². The van der Waals surface area contributed by atoms with Gasteiger partial charge >= 0.3 is 5.97 Å². The van der Waals surface area contributed by atoms with Gasteiger partial charge in [-0.25, -0.2) is 4.79 Å². The number of amides is 3. The molecule has 12 nitrogen and oxygen atoms in total. The van der Waals surface area contributed by atoms with Gasteiger partial charge in [-0.1, -0.05) is 48.5 Å². The third-order valence-electron chi connectivity index (χ3n) is 6.27. The topological polar surface area (TPSA) is 207 Å². The molecule has 12 heteroatoms. The molecule has 1 heterocycles. The average molecular weight is 540 g/mol. The minimum absolute atomic E-state index is 0.0110. The van der Waals surface area contributed by atoms with Gasteiger partial charge in [0.2, 0.25) is 17.7 Å². The fraction of sp³-hybridized carbons (Fsp3) is 0.333. The van der Waals surface area contributed by atoms with Crippen molar-refractivity contribution < 1.29 is 34.5 Å². The fourth-order valence-corrected chi connectivity index (χ4v) is 4.01. The predicted molar refractivity (Wildman–Crippen MR) is 142 cm³/mol. The van der Waals surface area contributed by atoms with E-state index >= 15 is 0 Å². The monoisotopic (exact) mass is 539 g/mol. The van der Waals surface area contributed by atoms with Crippen LogP contribution in [0.2, 0.25) is 0 Å². The lowest BCUT2D eigenvalue weighted by Gasteiger charge is -2.25. The Morgan fingerprint density at radius 1 is 0.846 bits per heavy atom. The zero-order valence-electron chi connectivity index (χ0n) is 21.3. The largest absolute Gasteiger partial charge is 0.480 e. The summed E-state index contributed by atoms with van der Waals surface area (Å²) in [7, 11) is 0. The van der Waals surface area contributed by atoms with E-state index in [1.807, 2.05) is 24.3 Å². The summed E-state index contributed by atoms with van der Waals surface area (Å²) >= 11 is 0. The molecule has 3 amide bonds. The molecule has 0 aliphatic rings. The number of aliphatic carboxylic acids is 1. The Bertz CT molecular complexity index is 1290. The Morgan fingerprint density at radius 3 is 2.03 bits per heavy atom. The van der Waals surface area contributed by atoms with Gasteiger partial charge in [0.05, 0.1) is 12.7 Å². The summed E-state index contributed by atoms with van der Waals surface area (Å²) in [5.41, 5.74) is 8.00. The van der Waals surface area contributed by atoms with Gasteiger partial charge in [0.25, 0.3) is 0 Å². The van der Waals surface area contributed by atoms with Crippen molar-refractivity contribution in [3.63, 3.8) is 0 Å². The van der Waals surface area contributed by atoms with E-state index in [0.717, 1.165) is 10.9 Å².